The molecule has 106 valence electrons. The first-order chi connectivity index (χ1) is 9.32. The van der Waals surface area contributed by atoms with E-state index in [4.69, 9.17) is 0 Å². The molecule has 0 radical (unpaired) electrons. The lowest BCUT2D eigenvalue weighted by molar-refractivity contribution is 0.0690. The van der Waals surface area contributed by atoms with E-state index in [-0.39, 0.29) is 5.56 Å². The molecule has 2 N–H and O–H groups in total. The number of halogens is 2. The molecule has 1 atom stereocenters. The molecule has 1 unspecified atom stereocenters. The molecular weight excluding hydrogens is 408 g/mol. The van der Waals surface area contributed by atoms with Crippen LogP contribution in [-0.2, 0) is 0 Å². The van der Waals surface area contributed by atoms with E-state index in [1.54, 1.807) is 26.0 Å². The van der Waals surface area contributed by atoms with E-state index in [9.17, 15) is 15.0 Å². The van der Waals surface area contributed by atoms with Crippen molar-refractivity contribution in [2.45, 2.75) is 20.0 Å². The Labute approximate surface area is 137 Å². The van der Waals surface area contributed by atoms with Gasteiger partial charge >= 0.3 is 5.97 Å². The number of aliphatic hydroxyl groups is 1. The molecule has 1 aromatic heterocycles. The predicted octanol–water partition coefficient (Wildman–Crippen LogP) is 4.67. The number of carbonyl (C=O) groups is 1. The summed E-state index contributed by atoms with van der Waals surface area (Å²) in [5.41, 5.74) is 2.69. The van der Waals surface area contributed by atoms with E-state index in [0.717, 1.165) is 13.1 Å². The molecule has 20 heavy (non-hydrogen) atoms. The number of aryl methyl sites for hydroxylation is 2. The van der Waals surface area contributed by atoms with Crippen LogP contribution in [0.15, 0.2) is 25.8 Å². The van der Waals surface area contributed by atoms with Crippen molar-refractivity contribution in [3.05, 3.63) is 53.6 Å². The summed E-state index contributed by atoms with van der Waals surface area (Å²) < 4.78 is 1.66. The Bertz CT molecular complexity index is 679. The topological polar surface area (TPSA) is 57.5 Å². The molecule has 0 amide bonds. The maximum Gasteiger partial charge on any atom is 0.336 e. The van der Waals surface area contributed by atoms with E-state index in [1.807, 2.05) is 6.07 Å². The number of carboxylic acids is 1. The molecule has 0 bridgehead atoms. The van der Waals surface area contributed by atoms with Gasteiger partial charge < -0.3 is 10.2 Å². The lowest BCUT2D eigenvalue weighted by atomic mass is 9.91. The fourth-order valence-electron chi connectivity index (χ4n) is 2.16. The standard InChI is InChI=1S/C14H12Br2O3S/c1-6-3-4-7(2)11(14(18)19)10(6)12(17)8-5-9(15)20-13(8)16/h3-5,12,17H,1-2H3,(H,18,19). The van der Waals surface area contributed by atoms with Crippen LogP contribution in [0, 0.1) is 13.8 Å². The van der Waals surface area contributed by atoms with Gasteiger partial charge in [0, 0.05) is 11.1 Å². The Morgan fingerprint density at radius 3 is 2.35 bits per heavy atom. The number of hydrogen-bond donors (Lipinski definition) is 2. The lowest BCUT2D eigenvalue weighted by Crippen LogP contribution is -2.12. The average molecular weight is 420 g/mol. The molecule has 0 aliphatic carbocycles. The van der Waals surface area contributed by atoms with E-state index in [0.29, 0.717) is 16.7 Å². The molecule has 0 spiro atoms. The Morgan fingerprint density at radius 2 is 1.85 bits per heavy atom. The van der Waals surface area contributed by atoms with Crippen LogP contribution in [0.2, 0.25) is 0 Å². The largest absolute Gasteiger partial charge is 0.478 e. The molecule has 1 aromatic carbocycles. The second-order valence-corrected chi connectivity index (χ2v) is 8.22. The smallest absolute Gasteiger partial charge is 0.336 e. The summed E-state index contributed by atoms with van der Waals surface area (Å²) >= 11 is 8.21. The van der Waals surface area contributed by atoms with E-state index >= 15 is 0 Å². The summed E-state index contributed by atoms with van der Waals surface area (Å²) in [7, 11) is 0. The Hall–Kier alpha value is -0.690. The van der Waals surface area contributed by atoms with Crippen LogP contribution in [0.3, 0.4) is 0 Å². The third-order valence-corrected chi connectivity index (χ3v) is 5.52. The molecule has 6 heteroatoms. The SMILES string of the molecule is Cc1ccc(C)c(C(O)c2cc(Br)sc2Br)c1C(=O)O. The summed E-state index contributed by atoms with van der Waals surface area (Å²) in [6.45, 7) is 3.54. The van der Waals surface area contributed by atoms with Gasteiger partial charge in [-0.3, -0.25) is 0 Å². The van der Waals surface area contributed by atoms with Crippen molar-refractivity contribution in [2.24, 2.45) is 0 Å². The van der Waals surface area contributed by atoms with E-state index in [1.165, 1.54) is 11.3 Å². The predicted molar refractivity (Wildman–Crippen MR) is 86.7 cm³/mol. The van der Waals surface area contributed by atoms with Gasteiger partial charge in [-0.2, -0.15) is 0 Å². The summed E-state index contributed by atoms with van der Waals surface area (Å²) in [5, 5.41) is 20.0. The zero-order chi connectivity index (χ0) is 15.0. The van der Waals surface area contributed by atoms with Crippen LogP contribution in [0.1, 0.15) is 38.7 Å². The molecule has 0 fully saturated rings. The Kier molecular flexibility index (Phi) is 4.69. The summed E-state index contributed by atoms with van der Waals surface area (Å²) in [6.07, 6.45) is -0.974. The maximum atomic E-state index is 11.5. The number of rotatable bonds is 3. The monoisotopic (exact) mass is 418 g/mol. The van der Waals surface area contributed by atoms with Crippen molar-refractivity contribution >= 4 is 49.2 Å². The first kappa shape index (κ1) is 15.7. The lowest BCUT2D eigenvalue weighted by Gasteiger charge is -2.18. The zero-order valence-electron chi connectivity index (χ0n) is 10.8. The number of hydrogen-bond acceptors (Lipinski definition) is 3. The van der Waals surface area contributed by atoms with Crippen LogP contribution in [0.25, 0.3) is 0 Å². The molecule has 3 nitrogen and oxygen atoms in total. The zero-order valence-corrected chi connectivity index (χ0v) is 14.8. The van der Waals surface area contributed by atoms with Gasteiger partial charge in [-0.25, -0.2) is 4.79 Å². The highest BCUT2D eigenvalue weighted by atomic mass is 79.9. The number of aliphatic hydroxyl groups excluding tert-OH is 1. The number of thiophene rings is 1. The van der Waals surface area contributed by atoms with Gasteiger partial charge in [0.2, 0.25) is 0 Å². The fourth-order valence-corrected chi connectivity index (χ4v) is 5.05. The van der Waals surface area contributed by atoms with Crippen molar-refractivity contribution < 1.29 is 15.0 Å². The highest BCUT2D eigenvalue weighted by molar-refractivity contribution is 9.12. The summed E-state index contributed by atoms with van der Waals surface area (Å²) in [6, 6.07) is 5.38. The van der Waals surface area contributed by atoms with E-state index in [2.05, 4.69) is 31.9 Å². The van der Waals surface area contributed by atoms with Crippen molar-refractivity contribution in [2.75, 3.05) is 0 Å². The third kappa shape index (κ3) is 2.83. The second-order valence-electron chi connectivity index (χ2n) is 4.48. The first-order valence-corrected chi connectivity index (χ1v) is 8.19. The molecule has 0 aliphatic rings. The number of aromatic carboxylic acids is 1. The minimum Gasteiger partial charge on any atom is -0.478 e. The first-order valence-electron chi connectivity index (χ1n) is 5.79. The highest BCUT2D eigenvalue weighted by Crippen LogP contribution is 2.39. The van der Waals surface area contributed by atoms with E-state index < -0.39 is 12.1 Å². The minimum absolute atomic E-state index is 0.173. The molecule has 2 aromatic rings. The normalized spacial score (nSPS) is 12.4. The fraction of sp³-hybridized carbons (Fsp3) is 0.214. The van der Waals surface area contributed by atoms with Gasteiger partial charge in [-0.1, -0.05) is 12.1 Å². The molecule has 1 heterocycles. The van der Waals surface area contributed by atoms with Crippen LogP contribution in [0.5, 0.6) is 0 Å². The van der Waals surface area contributed by atoms with Gasteiger partial charge in [0.05, 0.1) is 13.1 Å². The van der Waals surface area contributed by atoms with Crippen molar-refractivity contribution in [3.63, 3.8) is 0 Å². The van der Waals surface area contributed by atoms with Crippen LogP contribution >= 0.6 is 43.2 Å². The minimum atomic E-state index is -1.02. The second kappa shape index (κ2) is 5.97. The molecule has 0 aliphatic heterocycles. The van der Waals surface area contributed by atoms with Gasteiger partial charge in [0.25, 0.3) is 0 Å². The van der Waals surface area contributed by atoms with Crippen molar-refractivity contribution in [1.29, 1.82) is 0 Å². The van der Waals surface area contributed by atoms with Gasteiger partial charge in [-0.05, 0) is 62.9 Å². The highest BCUT2D eigenvalue weighted by Gasteiger charge is 2.25. The van der Waals surface area contributed by atoms with Crippen molar-refractivity contribution in [1.82, 2.24) is 0 Å². The summed E-state index contributed by atoms with van der Waals surface area (Å²) in [4.78, 5) is 11.5. The summed E-state index contributed by atoms with van der Waals surface area (Å²) in [5.74, 6) is -1.02. The molecule has 0 saturated heterocycles. The molecular formula is C14H12Br2O3S. The van der Waals surface area contributed by atoms with Crippen LogP contribution < -0.4 is 0 Å². The third-order valence-electron chi connectivity index (χ3n) is 3.14. The number of carboxylic acid groups (broad SMARTS) is 1. The van der Waals surface area contributed by atoms with Crippen molar-refractivity contribution in [3.8, 4) is 0 Å². The molecule has 0 saturated carbocycles. The van der Waals surface area contributed by atoms with Gasteiger partial charge in [0.15, 0.2) is 0 Å². The molecule has 2 rings (SSSR count). The Balaban J connectivity index is 2.65. The maximum absolute atomic E-state index is 11.5. The van der Waals surface area contributed by atoms with Crippen LogP contribution in [0.4, 0.5) is 0 Å². The van der Waals surface area contributed by atoms with Gasteiger partial charge in [-0.15, -0.1) is 11.3 Å². The van der Waals surface area contributed by atoms with Crippen LogP contribution in [-0.4, -0.2) is 16.2 Å². The van der Waals surface area contributed by atoms with Gasteiger partial charge in [0.1, 0.15) is 6.10 Å². The Morgan fingerprint density at radius 1 is 1.25 bits per heavy atom. The quantitative estimate of drug-likeness (QED) is 0.759. The number of benzene rings is 1. The average Bonchev–Trinajstić information content (AvgIpc) is 2.69.